The zero-order chi connectivity index (χ0) is 11.4. The maximum Gasteiger partial charge on any atom is 0.125 e. The van der Waals surface area contributed by atoms with Gasteiger partial charge in [-0.15, -0.1) is 0 Å². The molecule has 1 aromatic carbocycles. The van der Waals surface area contributed by atoms with E-state index in [1.807, 2.05) is 12.1 Å². The maximum absolute atomic E-state index is 9.93. The molecule has 0 aliphatic carbocycles. The molecule has 0 atom stereocenters. The number of piperidine rings is 1. The molecule has 1 heterocycles. The predicted octanol–water partition coefficient (Wildman–Crippen LogP) is 1.87. The van der Waals surface area contributed by atoms with Crippen LogP contribution in [-0.2, 0) is 13.2 Å². The van der Waals surface area contributed by atoms with Gasteiger partial charge in [0.25, 0.3) is 0 Å². The first kappa shape index (κ1) is 11.4. The van der Waals surface area contributed by atoms with Crippen molar-refractivity contribution in [3.05, 3.63) is 29.3 Å². The molecule has 3 nitrogen and oxygen atoms in total. The van der Waals surface area contributed by atoms with Crippen molar-refractivity contribution in [3.63, 3.8) is 0 Å². The van der Waals surface area contributed by atoms with Crippen molar-refractivity contribution in [2.24, 2.45) is 0 Å². The summed E-state index contributed by atoms with van der Waals surface area (Å²) in [5.41, 5.74) is 1.54. The number of para-hydroxylation sites is 1. The predicted molar refractivity (Wildman–Crippen MR) is 63.2 cm³/mol. The number of hydrogen-bond donors (Lipinski definition) is 2. The Morgan fingerprint density at radius 3 is 2.44 bits per heavy atom. The highest BCUT2D eigenvalue weighted by molar-refractivity contribution is 5.39. The Kier molecular flexibility index (Phi) is 3.80. The smallest absolute Gasteiger partial charge is 0.125 e. The lowest BCUT2D eigenvalue weighted by Gasteiger charge is -2.26. The van der Waals surface area contributed by atoms with Crippen molar-refractivity contribution in [2.45, 2.75) is 32.4 Å². The number of hydrogen-bond acceptors (Lipinski definition) is 3. The fraction of sp³-hybridized carbons (Fsp3) is 0.538. The molecule has 1 aromatic rings. The van der Waals surface area contributed by atoms with E-state index in [-0.39, 0.29) is 12.4 Å². The van der Waals surface area contributed by atoms with E-state index in [1.165, 1.54) is 19.3 Å². The van der Waals surface area contributed by atoms with Crippen molar-refractivity contribution in [1.82, 2.24) is 4.90 Å². The summed E-state index contributed by atoms with van der Waals surface area (Å²) in [6.45, 7) is 2.92. The summed E-state index contributed by atoms with van der Waals surface area (Å²) in [6.07, 6.45) is 3.82. The van der Waals surface area contributed by atoms with Crippen molar-refractivity contribution in [3.8, 4) is 5.75 Å². The van der Waals surface area contributed by atoms with E-state index in [1.54, 1.807) is 6.07 Å². The van der Waals surface area contributed by atoms with Crippen LogP contribution in [0.4, 0.5) is 0 Å². The molecule has 0 aromatic heterocycles. The van der Waals surface area contributed by atoms with Gasteiger partial charge in [-0.05, 0) is 25.9 Å². The van der Waals surface area contributed by atoms with Gasteiger partial charge in [-0.1, -0.05) is 24.6 Å². The van der Waals surface area contributed by atoms with Crippen LogP contribution in [0.5, 0.6) is 5.75 Å². The lowest BCUT2D eigenvalue weighted by atomic mass is 10.1. The normalized spacial score (nSPS) is 17.6. The van der Waals surface area contributed by atoms with E-state index in [0.717, 1.165) is 25.2 Å². The Morgan fingerprint density at radius 1 is 1.06 bits per heavy atom. The lowest BCUT2D eigenvalue weighted by molar-refractivity contribution is 0.217. The third kappa shape index (κ3) is 2.54. The Hall–Kier alpha value is -1.06. The molecule has 0 saturated carbocycles. The molecular weight excluding hydrogens is 202 g/mol. The third-order valence-corrected chi connectivity index (χ3v) is 3.22. The highest BCUT2D eigenvalue weighted by Gasteiger charge is 2.13. The highest BCUT2D eigenvalue weighted by Crippen LogP contribution is 2.24. The number of aliphatic hydroxyl groups excluding tert-OH is 1. The van der Waals surface area contributed by atoms with Crippen molar-refractivity contribution < 1.29 is 10.2 Å². The van der Waals surface area contributed by atoms with Crippen LogP contribution in [0.15, 0.2) is 18.2 Å². The van der Waals surface area contributed by atoms with E-state index in [2.05, 4.69) is 4.90 Å². The molecule has 2 N–H and O–H groups in total. The SMILES string of the molecule is OCc1cccc(CN2CCCCC2)c1O. The first-order valence-electron chi connectivity index (χ1n) is 5.94. The summed E-state index contributed by atoms with van der Waals surface area (Å²) in [7, 11) is 0. The first-order chi connectivity index (χ1) is 7.81. The van der Waals surface area contributed by atoms with E-state index in [0.29, 0.717) is 5.56 Å². The van der Waals surface area contributed by atoms with Crippen LogP contribution in [0.25, 0.3) is 0 Å². The molecule has 0 spiro atoms. The standard InChI is InChI=1S/C13H19NO2/c15-10-12-6-4-5-11(13(12)16)9-14-7-2-1-3-8-14/h4-6,15-16H,1-3,7-10H2. The molecule has 2 rings (SSSR count). The Morgan fingerprint density at radius 2 is 1.75 bits per heavy atom. The lowest BCUT2D eigenvalue weighted by Crippen LogP contribution is -2.29. The maximum atomic E-state index is 9.93. The number of aromatic hydroxyl groups is 1. The quantitative estimate of drug-likeness (QED) is 0.819. The molecule has 0 bridgehead atoms. The van der Waals surface area contributed by atoms with Gasteiger partial charge in [0, 0.05) is 17.7 Å². The number of nitrogens with zero attached hydrogens (tertiary/aromatic N) is 1. The van der Waals surface area contributed by atoms with Crippen LogP contribution >= 0.6 is 0 Å². The van der Waals surface area contributed by atoms with Crippen molar-refractivity contribution >= 4 is 0 Å². The van der Waals surface area contributed by atoms with Crippen LogP contribution in [0.3, 0.4) is 0 Å². The fourth-order valence-corrected chi connectivity index (χ4v) is 2.26. The van der Waals surface area contributed by atoms with Gasteiger partial charge in [-0.2, -0.15) is 0 Å². The number of aliphatic hydroxyl groups is 1. The molecule has 1 fully saturated rings. The van der Waals surface area contributed by atoms with E-state index in [9.17, 15) is 5.11 Å². The molecule has 0 radical (unpaired) electrons. The molecule has 16 heavy (non-hydrogen) atoms. The Balaban J connectivity index is 2.08. The van der Waals surface area contributed by atoms with Crippen LogP contribution in [-0.4, -0.2) is 28.2 Å². The first-order valence-corrected chi connectivity index (χ1v) is 5.94. The average Bonchev–Trinajstić information content (AvgIpc) is 2.33. The number of rotatable bonds is 3. The zero-order valence-electron chi connectivity index (χ0n) is 9.52. The number of phenols is 1. The van der Waals surface area contributed by atoms with Crippen LogP contribution in [0.1, 0.15) is 30.4 Å². The summed E-state index contributed by atoms with van der Waals surface area (Å²) in [5, 5.41) is 19.0. The van der Waals surface area contributed by atoms with Crippen LogP contribution in [0.2, 0.25) is 0 Å². The second-order valence-electron chi connectivity index (χ2n) is 4.42. The van der Waals surface area contributed by atoms with Gasteiger partial charge in [0.05, 0.1) is 6.61 Å². The second-order valence-corrected chi connectivity index (χ2v) is 4.42. The summed E-state index contributed by atoms with van der Waals surface area (Å²) >= 11 is 0. The summed E-state index contributed by atoms with van der Waals surface area (Å²) in [5.74, 6) is 0.260. The third-order valence-electron chi connectivity index (χ3n) is 3.22. The van der Waals surface area contributed by atoms with Gasteiger partial charge in [0.2, 0.25) is 0 Å². The van der Waals surface area contributed by atoms with Crippen molar-refractivity contribution in [2.75, 3.05) is 13.1 Å². The molecule has 88 valence electrons. The van der Waals surface area contributed by atoms with E-state index in [4.69, 9.17) is 5.11 Å². The molecule has 1 aliphatic heterocycles. The molecule has 0 unspecified atom stereocenters. The van der Waals surface area contributed by atoms with E-state index >= 15 is 0 Å². The zero-order valence-corrected chi connectivity index (χ0v) is 9.52. The summed E-state index contributed by atoms with van der Waals surface area (Å²) in [6, 6.07) is 5.59. The Labute approximate surface area is 96.3 Å². The summed E-state index contributed by atoms with van der Waals surface area (Å²) in [4.78, 5) is 2.36. The molecular formula is C13H19NO2. The molecule has 3 heteroatoms. The topological polar surface area (TPSA) is 43.7 Å². The summed E-state index contributed by atoms with van der Waals surface area (Å²) < 4.78 is 0. The molecule has 1 aliphatic rings. The minimum Gasteiger partial charge on any atom is -0.507 e. The minimum atomic E-state index is -0.0975. The number of benzene rings is 1. The minimum absolute atomic E-state index is 0.0975. The molecule has 1 saturated heterocycles. The van der Waals surface area contributed by atoms with Crippen molar-refractivity contribution in [1.29, 1.82) is 0 Å². The van der Waals surface area contributed by atoms with Gasteiger partial charge >= 0.3 is 0 Å². The van der Waals surface area contributed by atoms with Gasteiger partial charge in [-0.25, -0.2) is 0 Å². The number of likely N-dealkylation sites (tertiary alicyclic amines) is 1. The van der Waals surface area contributed by atoms with Gasteiger partial charge in [-0.3, -0.25) is 4.90 Å². The highest BCUT2D eigenvalue weighted by atomic mass is 16.3. The largest absolute Gasteiger partial charge is 0.507 e. The average molecular weight is 221 g/mol. The Bertz CT molecular complexity index is 346. The fourth-order valence-electron chi connectivity index (χ4n) is 2.26. The second kappa shape index (κ2) is 5.32. The monoisotopic (exact) mass is 221 g/mol. The molecule has 0 amide bonds. The van der Waals surface area contributed by atoms with Gasteiger partial charge < -0.3 is 10.2 Å². The van der Waals surface area contributed by atoms with Gasteiger partial charge in [0.1, 0.15) is 5.75 Å². The van der Waals surface area contributed by atoms with E-state index < -0.39 is 0 Å². The van der Waals surface area contributed by atoms with Gasteiger partial charge in [0.15, 0.2) is 0 Å². The van der Waals surface area contributed by atoms with Crippen LogP contribution in [0, 0.1) is 0 Å². The van der Waals surface area contributed by atoms with Crippen LogP contribution < -0.4 is 0 Å².